The Labute approximate surface area is 441 Å². The van der Waals surface area contributed by atoms with Crippen molar-refractivity contribution in [2.45, 2.75) is 32.6 Å². The maximum atomic E-state index is 5.19. The highest BCUT2D eigenvalue weighted by Gasteiger charge is 2.22. The molecule has 0 N–H and O–H groups in total. The molecule has 362 valence electrons. The average Bonchev–Trinajstić information content (AvgIpc) is 4.14. The molecule has 4 heterocycles. The molecule has 6 heteroatoms. The van der Waals surface area contributed by atoms with E-state index in [1.165, 1.54) is 66.5 Å². The Morgan fingerprint density at radius 1 is 0.434 bits per heavy atom. The fourth-order valence-electron chi connectivity index (χ4n) is 11.8. The van der Waals surface area contributed by atoms with Crippen LogP contribution in [-0.4, -0.2) is 28.7 Å². The van der Waals surface area contributed by atoms with Crippen LogP contribution in [0.25, 0.3) is 127 Å². The second-order valence-corrected chi connectivity index (χ2v) is 19.8. The van der Waals surface area contributed by atoms with Crippen molar-refractivity contribution in [2.75, 3.05) is 0 Å². The van der Waals surface area contributed by atoms with Crippen LogP contribution in [0.3, 0.4) is 0 Å². The lowest BCUT2D eigenvalue weighted by Crippen LogP contribution is -2.06. The zero-order valence-corrected chi connectivity index (χ0v) is 42.2. The Morgan fingerprint density at radius 2 is 0.947 bits per heavy atom. The first-order valence-electron chi connectivity index (χ1n) is 26.4. The van der Waals surface area contributed by atoms with Gasteiger partial charge in [0, 0.05) is 49.1 Å². The summed E-state index contributed by atoms with van der Waals surface area (Å²) in [5, 5.41) is 7.30. The Balaban J connectivity index is 0.966. The number of hydrogen-bond acceptors (Lipinski definition) is 3. The molecule has 0 aliphatic heterocycles. The summed E-state index contributed by atoms with van der Waals surface area (Å²) in [5.74, 6) is 2.03. The van der Waals surface area contributed by atoms with Crippen molar-refractivity contribution in [1.29, 1.82) is 0 Å². The van der Waals surface area contributed by atoms with Crippen molar-refractivity contribution in [3.8, 4) is 50.7 Å². The molecule has 0 atom stereocenters. The molecule has 76 heavy (non-hydrogen) atoms. The molecular weight excluding hydrogens is 925 g/mol. The van der Waals surface area contributed by atoms with Gasteiger partial charge in [-0.1, -0.05) is 164 Å². The van der Waals surface area contributed by atoms with Crippen molar-refractivity contribution < 1.29 is 0 Å². The molecule has 14 rings (SSSR count). The number of fused-ring (bicyclic) bond motifs is 9. The second-order valence-electron chi connectivity index (χ2n) is 19.8. The smallest absolute Gasteiger partial charge is 0.164 e. The van der Waals surface area contributed by atoms with E-state index in [1.54, 1.807) is 6.08 Å². The topological polar surface area (TPSA) is 53.5 Å². The zero-order chi connectivity index (χ0) is 50.7. The van der Waals surface area contributed by atoms with Crippen LogP contribution in [0.4, 0.5) is 0 Å². The van der Waals surface area contributed by atoms with Gasteiger partial charge in [-0.25, -0.2) is 15.0 Å². The molecule has 6 nitrogen and oxygen atoms in total. The summed E-state index contributed by atoms with van der Waals surface area (Å²) in [6.07, 6.45) is 14.4. The maximum absolute atomic E-state index is 5.19. The minimum atomic E-state index is 0.637. The van der Waals surface area contributed by atoms with E-state index in [2.05, 4.69) is 233 Å². The summed E-state index contributed by atoms with van der Waals surface area (Å²) in [7, 11) is 0. The van der Waals surface area contributed by atoms with Crippen LogP contribution < -0.4 is 0 Å². The summed E-state index contributed by atoms with van der Waals surface area (Å²) < 4.78 is 7.31. The number of hydrogen-bond donors (Lipinski definition) is 0. The van der Waals surface area contributed by atoms with E-state index in [4.69, 9.17) is 15.0 Å². The fraction of sp³-hybridized carbons (Fsp3) is 0.0714. The molecule has 0 saturated carbocycles. The Morgan fingerprint density at radius 3 is 1.57 bits per heavy atom. The SMILES string of the molecule is C=C/C=C(\C=C/C)c1nc(C2=CCCCC2)nc(-c2cccc(-c3ccc(-n4c5ccccc5c5ccccc54)c(-n4c5ccccc5c5cc(-c6ccc7c(c6)c6ccccc6n7-c6ccccc6)ccc54)c3)c2)n1. The highest BCUT2D eigenvalue weighted by atomic mass is 15.1. The van der Waals surface area contributed by atoms with Gasteiger partial charge in [0.2, 0.25) is 0 Å². The summed E-state index contributed by atoms with van der Waals surface area (Å²) in [5.41, 5.74) is 17.8. The first kappa shape index (κ1) is 45.0. The predicted molar refractivity (Wildman–Crippen MR) is 319 cm³/mol. The van der Waals surface area contributed by atoms with Crippen molar-refractivity contribution in [3.05, 3.63) is 255 Å². The molecule has 0 fully saturated rings. The van der Waals surface area contributed by atoms with Gasteiger partial charge >= 0.3 is 0 Å². The van der Waals surface area contributed by atoms with Gasteiger partial charge in [0.25, 0.3) is 0 Å². The molecule has 0 spiro atoms. The Hall–Kier alpha value is -9.65. The number of allylic oxidation sites excluding steroid dienone is 7. The lowest BCUT2D eigenvalue weighted by atomic mass is 9.98. The molecule has 0 radical (unpaired) electrons. The molecule has 9 aromatic carbocycles. The van der Waals surface area contributed by atoms with E-state index < -0.39 is 0 Å². The van der Waals surface area contributed by atoms with E-state index in [9.17, 15) is 0 Å². The van der Waals surface area contributed by atoms with Crippen molar-refractivity contribution >= 4 is 76.6 Å². The molecule has 1 aliphatic rings. The second kappa shape index (κ2) is 18.7. The Bertz CT molecular complexity index is 4500. The normalized spacial score (nSPS) is 13.3. The molecule has 1 aliphatic carbocycles. The van der Waals surface area contributed by atoms with Gasteiger partial charge in [-0.3, -0.25) is 0 Å². The van der Waals surface area contributed by atoms with Crippen molar-refractivity contribution in [2.24, 2.45) is 0 Å². The molecular formula is C70H52N6. The van der Waals surface area contributed by atoms with E-state index >= 15 is 0 Å². The maximum Gasteiger partial charge on any atom is 0.164 e. The minimum absolute atomic E-state index is 0.637. The van der Waals surface area contributed by atoms with Gasteiger partial charge in [-0.2, -0.15) is 0 Å². The Kier molecular flexibility index (Phi) is 11.1. The largest absolute Gasteiger partial charge is 0.309 e. The third-order valence-electron chi connectivity index (χ3n) is 15.3. The van der Waals surface area contributed by atoms with Crippen LogP contribution in [0.5, 0.6) is 0 Å². The number of benzene rings is 9. The molecule has 0 bridgehead atoms. The van der Waals surface area contributed by atoms with Crippen LogP contribution in [0.2, 0.25) is 0 Å². The number of para-hydroxylation sites is 5. The molecule has 0 saturated heterocycles. The number of nitrogens with zero attached hydrogens (tertiary/aromatic N) is 6. The fourth-order valence-corrected chi connectivity index (χ4v) is 11.8. The summed E-state index contributed by atoms with van der Waals surface area (Å²) in [6, 6.07) is 75.4. The third kappa shape index (κ3) is 7.52. The monoisotopic (exact) mass is 976 g/mol. The van der Waals surface area contributed by atoms with Gasteiger partial charge in [-0.15, -0.1) is 0 Å². The van der Waals surface area contributed by atoms with E-state index in [0.29, 0.717) is 11.6 Å². The van der Waals surface area contributed by atoms with Gasteiger partial charge in [0.1, 0.15) is 0 Å². The van der Waals surface area contributed by atoms with Crippen molar-refractivity contribution in [3.63, 3.8) is 0 Å². The standard InChI is InChI=1S/C70H52N6/c1-3-20-46(21-4-2)68-71-69(47-22-7-5-8-23-47)73-70(72-68)52-25-19-24-48(42-52)51-38-41-66(75-61-33-16-11-28-54(61)55-29-12-17-34-62(55)75)67(45-51)76-63-35-18-14-31-57(63)59-44-50(37-40-65(59)76)49-36-39-64-58(43-49)56-30-13-15-32-60(56)74(64)53-26-9-6-10-27-53/h3-4,6,9-22,24-45H,1,5,7-8,23H2,2H3/b21-4-,46-20+. The highest BCUT2D eigenvalue weighted by Crippen LogP contribution is 2.42. The average molecular weight is 977 g/mol. The van der Waals surface area contributed by atoms with Crippen LogP contribution >= 0.6 is 0 Å². The highest BCUT2D eigenvalue weighted by molar-refractivity contribution is 6.14. The predicted octanol–water partition coefficient (Wildman–Crippen LogP) is 18.3. The van der Waals surface area contributed by atoms with E-state index in [1.807, 2.05) is 25.2 Å². The lowest BCUT2D eigenvalue weighted by molar-refractivity contribution is 0.735. The van der Waals surface area contributed by atoms with Crippen LogP contribution in [0.15, 0.2) is 243 Å². The quantitative estimate of drug-likeness (QED) is 0.128. The van der Waals surface area contributed by atoms with Crippen molar-refractivity contribution in [1.82, 2.24) is 28.7 Å². The lowest BCUT2D eigenvalue weighted by Gasteiger charge is -2.19. The van der Waals surface area contributed by atoms with Gasteiger partial charge in [0.05, 0.1) is 44.5 Å². The summed E-state index contributed by atoms with van der Waals surface area (Å²) in [4.78, 5) is 15.4. The molecule has 0 unspecified atom stereocenters. The van der Waals surface area contributed by atoms with Crippen LogP contribution in [0, 0.1) is 0 Å². The molecule has 4 aromatic heterocycles. The van der Waals surface area contributed by atoms with E-state index in [-0.39, 0.29) is 0 Å². The third-order valence-corrected chi connectivity index (χ3v) is 15.3. The van der Waals surface area contributed by atoms with Crippen LogP contribution in [0.1, 0.15) is 44.3 Å². The summed E-state index contributed by atoms with van der Waals surface area (Å²) >= 11 is 0. The first-order chi connectivity index (χ1) is 37.6. The zero-order valence-electron chi connectivity index (χ0n) is 42.2. The minimum Gasteiger partial charge on any atom is -0.309 e. The van der Waals surface area contributed by atoms with Gasteiger partial charge in [-0.05, 0) is 139 Å². The molecule has 13 aromatic rings. The van der Waals surface area contributed by atoms with Crippen LogP contribution in [-0.2, 0) is 0 Å². The first-order valence-corrected chi connectivity index (χ1v) is 26.4. The van der Waals surface area contributed by atoms with Gasteiger partial charge in [0.15, 0.2) is 17.5 Å². The van der Waals surface area contributed by atoms with Gasteiger partial charge < -0.3 is 13.7 Å². The van der Waals surface area contributed by atoms with E-state index in [0.717, 1.165) is 86.5 Å². The molecule has 0 amide bonds. The summed E-state index contributed by atoms with van der Waals surface area (Å²) in [6.45, 7) is 6.02. The number of aromatic nitrogens is 6. The number of rotatable bonds is 10.